The predicted octanol–water partition coefficient (Wildman–Crippen LogP) is 0.00580. The van der Waals surface area contributed by atoms with E-state index in [4.69, 9.17) is 5.11 Å². The summed E-state index contributed by atoms with van der Waals surface area (Å²) in [6, 6.07) is -0.596. The molecule has 1 aromatic rings. The van der Waals surface area contributed by atoms with Gasteiger partial charge in [-0.05, 0) is 12.8 Å². The second-order valence-corrected chi connectivity index (χ2v) is 3.98. The standard InChI is InChI=1S/C10H16N4O2/c15-10(16)9(5-8-6-11-7-12-8)13-14-3-1-2-4-14/h6-7,9,13H,1-5H2,(H,11,12)(H,15,16). The van der Waals surface area contributed by atoms with Crippen molar-refractivity contribution in [3.8, 4) is 0 Å². The van der Waals surface area contributed by atoms with Gasteiger partial charge in [-0.3, -0.25) is 4.79 Å². The van der Waals surface area contributed by atoms with E-state index < -0.39 is 12.0 Å². The van der Waals surface area contributed by atoms with Gasteiger partial charge in [0.1, 0.15) is 6.04 Å². The highest BCUT2D eigenvalue weighted by molar-refractivity contribution is 5.73. The van der Waals surface area contributed by atoms with Gasteiger partial charge < -0.3 is 10.1 Å². The lowest BCUT2D eigenvalue weighted by Gasteiger charge is -2.21. The van der Waals surface area contributed by atoms with Crippen LogP contribution < -0.4 is 5.43 Å². The van der Waals surface area contributed by atoms with Crippen molar-refractivity contribution in [3.05, 3.63) is 18.2 Å². The molecule has 1 fully saturated rings. The maximum absolute atomic E-state index is 11.1. The van der Waals surface area contributed by atoms with E-state index in [2.05, 4.69) is 15.4 Å². The fourth-order valence-electron chi connectivity index (χ4n) is 1.87. The van der Waals surface area contributed by atoms with Gasteiger partial charge in [0.25, 0.3) is 0 Å². The van der Waals surface area contributed by atoms with Crippen LogP contribution in [0, 0.1) is 0 Å². The molecule has 0 radical (unpaired) electrons. The number of hydrogen-bond donors (Lipinski definition) is 3. The molecule has 0 saturated carbocycles. The van der Waals surface area contributed by atoms with Gasteiger partial charge in [-0.15, -0.1) is 0 Å². The summed E-state index contributed by atoms with van der Waals surface area (Å²) in [5.41, 5.74) is 3.80. The number of hydrazine groups is 1. The zero-order chi connectivity index (χ0) is 11.4. The summed E-state index contributed by atoms with van der Waals surface area (Å²) < 4.78 is 0. The van der Waals surface area contributed by atoms with Gasteiger partial charge in [-0.2, -0.15) is 0 Å². The van der Waals surface area contributed by atoms with Crippen molar-refractivity contribution in [2.45, 2.75) is 25.3 Å². The van der Waals surface area contributed by atoms with E-state index in [0.29, 0.717) is 6.42 Å². The topological polar surface area (TPSA) is 81.2 Å². The third-order valence-electron chi connectivity index (χ3n) is 2.71. The molecule has 88 valence electrons. The molecular formula is C10H16N4O2. The van der Waals surface area contributed by atoms with E-state index in [-0.39, 0.29) is 0 Å². The summed E-state index contributed by atoms with van der Waals surface area (Å²) in [4.78, 5) is 17.9. The second-order valence-electron chi connectivity index (χ2n) is 3.98. The maximum atomic E-state index is 11.1. The molecule has 3 N–H and O–H groups in total. The highest BCUT2D eigenvalue weighted by Gasteiger charge is 2.22. The Labute approximate surface area is 93.6 Å². The predicted molar refractivity (Wildman–Crippen MR) is 57.7 cm³/mol. The van der Waals surface area contributed by atoms with Crippen LogP contribution >= 0.6 is 0 Å². The molecule has 2 heterocycles. The Balaban J connectivity index is 1.91. The number of rotatable bonds is 5. The summed E-state index contributed by atoms with van der Waals surface area (Å²) in [6.45, 7) is 1.84. The maximum Gasteiger partial charge on any atom is 0.322 e. The number of nitrogens with one attached hydrogen (secondary N) is 2. The molecule has 0 aromatic carbocycles. The number of carboxylic acids is 1. The number of aliphatic carboxylic acids is 1. The Morgan fingerprint density at radius 1 is 1.62 bits per heavy atom. The van der Waals surface area contributed by atoms with Crippen molar-refractivity contribution in [1.29, 1.82) is 0 Å². The van der Waals surface area contributed by atoms with Crippen LogP contribution in [-0.2, 0) is 11.2 Å². The second kappa shape index (κ2) is 5.09. The van der Waals surface area contributed by atoms with Crippen molar-refractivity contribution in [2.75, 3.05) is 13.1 Å². The van der Waals surface area contributed by atoms with Gasteiger partial charge >= 0.3 is 5.97 Å². The van der Waals surface area contributed by atoms with Gasteiger partial charge in [0.2, 0.25) is 0 Å². The molecule has 0 bridgehead atoms. The SMILES string of the molecule is O=C(O)C(Cc1c[nH]cn1)NN1CCCC1. The van der Waals surface area contributed by atoms with Gasteiger partial charge in [0, 0.05) is 25.7 Å². The number of hydrogen-bond acceptors (Lipinski definition) is 4. The van der Waals surface area contributed by atoms with Crippen LogP contribution in [0.4, 0.5) is 0 Å². The minimum atomic E-state index is -0.838. The van der Waals surface area contributed by atoms with E-state index in [0.717, 1.165) is 31.6 Å². The number of carbonyl (C=O) groups is 1. The highest BCUT2D eigenvalue weighted by Crippen LogP contribution is 2.06. The molecule has 0 spiro atoms. The fraction of sp³-hybridized carbons (Fsp3) is 0.600. The molecule has 0 amide bonds. The lowest BCUT2D eigenvalue weighted by atomic mass is 10.2. The first-order valence-corrected chi connectivity index (χ1v) is 5.47. The zero-order valence-electron chi connectivity index (χ0n) is 9.02. The van der Waals surface area contributed by atoms with E-state index in [1.165, 1.54) is 0 Å². The molecule has 1 aliphatic heterocycles. The minimum absolute atomic E-state index is 0.398. The lowest BCUT2D eigenvalue weighted by Crippen LogP contribution is -2.48. The smallest absolute Gasteiger partial charge is 0.322 e. The van der Waals surface area contributed by atoms with Gasteiger partial charge in [-0.1, -0.05) is 0 Å². The highest BCUT2D eigenvalue weighted by atomic mass is 16.4. The fourth-order valence-corrected chi connectivity index (χ4v) is 1.87. The van der Waals surface area contributed by atoms with Crippen LogP contribution in [0.2, 0.25) is 0 Å². The van der Waals surface area contributed by atoms with Crippen LogP contribution in [0.3, 0.4) is 0 Å². The van der Waals surface area contributed by atoms with Crippen LogP contribution in [0.1, 0.15) is 18.5 Å². The van der Waals surface area contributed by atoms with Crippen molar-refractivity contribution >= 4 is 5.97 Å². The third-order valence-corrected chi connectivity index (χ3v) is 2.71. The van der Waals surface area contributed by atoms with Gasteiger partial charge in [-0.25, -0.2) is 15.4 Å². The van der Waals surface area contributed by atoms with E-state index in [1.807, 2.05) is 5.01 Å². The molecule has 2 rings (SSSR count). The van der Waals surface area contributed by atoms with Gasteiger partial charge in [0.05, 0.1) is 12.0 Å². The Kier molecular flexibility index (Phi) is 3.53. The van der Waals surface area contributed by atoms with Gasteiger partial charge in [0.15, 0.2) is 0 Å². The molecule has 6 nitrogen and oxygen atoms in total. The molecule has 16 heavy (non-hydrogen) atoms. The number of carboxylic acid groups (broad SMARTS) is 1. The molecule has 1 unspecified atom stereocenters. The first-order chi connectivity index (χ1) is 7.75. The zero-order valence-corrected chi connectivity index (χ0v) is 9.02. The Morgan fingerprint density at radius 3 is 2.94 bits per heavy atom. The summed E-state index contributed by atoms with van der Waals surface area (Å²) in [7, 11) is 0. The number of nitrogens with zero attached hydrogens (tertiary/aromatic N) is 2. The number of imidazole rings is 1. The molecule has 0 aliphatic carbocycles. The summed E-state index contributed by atoms with van der Waals surface area (Å²) in [5, 5.41) is 11.1. The first kappa shape index (κ1) is 11.1. The number of aromatic amines is 1. The summed E-state index contributed by atoms with van der Waals surface area (Å²) >= 11 is 0. The van der Waals surface area contributed by atoms with E-state index in [9.17, 15) is 4.79 Å². The molecule has 6 heteroatoms. The third kappa shape index (κ3) is 2.80. The monoisotopic (exact) mass is 224 g/mol. The normalized spacial score (nSPS) is 18.8. The van der Waals surface area contributed by atoms with E-state index in [1.54, 1.807) is 12.5 Å². The Bertz CT molecular complexity index is 333. The van der Waals surface area contributed by atoms with Crippen LogP contribution in [-0.4, -0.2) is 45.2 Å². The average Bonchev–Trinajstić information content (AvgIpc) is 2.88. The molecule has 1 aliphatic rings. The lowest BCUT2D eigenvalue weighted by molar-refractivity contribution is -0.141. The van der Waals surface area contributed by atoms with Crippen LogP contribution in [0.25, 0.3) is 0 Å². The van der Waals surface area contributed by atoms with E-state index >= 15 is 0 Å². The molecule has 1 atom stereocenters. The van der Waals surface area contributed by atoms with Crippen molar-refractivity contribution < 1.29 is 9.90 Å². The molecule has 1 aromatic heterocycles. The van der Waals surface area contributed by atoms with Crippen LogP contribution in [0.5, 0.6) is 0 Å². The summed E-state index contributed by atoms with van der Waals surface area (Å²) in [6.07, 6.45) is 5.94. The first-order valence-electron chi connectivity index (χ1n) is 5.47. The van der Waals surface area contributed by atoms with Crippen LogP contribution in [0.15, 0.2) is 12.5 Å². The number of H-pyrrole nitrogens is 1. The van der Waals surface area contributed by atoms with Crippen molar-refractivity contribution in [1.82, 2.24) is 20.4 Å². The minimum Gasteiger partial charge on any atom is -0.480 e. The molecular weight excluding hydrogens is 208 g/mol. The quantitative estimate of drug-likeness (QED) is 0.656. The summed E-state index contributed by atoms with van der Waals surface area (Å²) in [5.74, 6) is -0.838. The molecule has 1 saturated heterocycles. The number of aromatic nitrogens is 2. The van der Waals surface area contributed by atoms with Crippen molar-refractivity contribution in [3.63, 3.8) is 0 Å². The Hall–Kier alpha value is -1.40. The Morgan fingerprint density at radius 2 is 2.38 bits per heavy atom. The largest absolute Gasteiger partial charge is 0.480 e. The van der Waals surface area contributed by atoms with Crippen molar-refractivity contribution in [2.24, 2.45) is 0 Å². The average molecular weight is 224 g/mol.